The molecule has 158 valence electrons. The van der Waals surface area contributed by atoms with Crippen molar-refractivity contribution in [3.05, 3.63) is 60.2 Å². The van der Waals surface area contributed by atoms with Crippen LogP contribution in [0.2, 0.25) is 0 Å². The molecule has 0 saturated heterocycles. The van der Waals surface area contributed by atoms with E-state index in [4.69, 9.17) is 9.84 Å². The average molecular weight is 415 g/mol. The Kier molecular flexibility index (Phi) is 6.66. The Balaban J connectivity index is 1.67. The summed E-state index contributed by atoms with van der Waals surface area (Å²) < 4.78 is 18.7. The van der Waals surface area contributed by atoms with Gasteiger partial charge in [0, 0.05) is 13.1 Å². The van der Waals surface area contributed by atoms with Gasteiger partial charge in [-0.2, -0.15) is 0 Å². The molecule has 0 heterocycles. The molecule has 0 spiro atoms. The minimum absolute atomic E-state index is 0.0578. The number of amides is 1. The van der Waals surface area contributed by atoms with E-state index in [1.807, 2.05) is 30.3 Å². The maximum atomic E-state index is 13.0. The summed E-state index contributed by atoms with van der Waals surface area (Å²) in [7, 11) is 0. The van der Waals surface area contributed by atoms with Crippen molar-refractivity contribution in [3.8, 4) is 11.5 Å². The standard InChI is InChI=1S/C22H22FNO6/c23-10-11-24(20(25)17-12-18(21(26)27)19(17)22(28)29)13-14-6-8-16(9-7-14)30-15-4-2-1-3-5-15/h1-9,17-19H,10-13H2,(H,26,27)(H,28,29). The van der Waals surface area contributed by atoms with Gasteiger partial charge in [-0.25, -0.2) is 4.39 Å². The fourth-order valence-electron chi connectivity index (χ4n) is 3.62. The summed E-state index contributed by atoms with van der Waals surface area (Å²) in [6.45, 7) is -0.885. The van der Waals surface area contributed by atoms with E-state index >= 15 is 0 Å². The summed E-state index contributed by atoms with van der Waals surface area (Å²) in [6.07, 6.45) is -0.0578. The number of aliphatic carboxylic acids is 2. The predicted octanol–water partition coefficient (Wildman–Crippen LogP) is 3.20. The molecule has 1 fully saturated rings. The number of halogens is 1. The second-order valence-corrected chi connectivity index (χ2v) is 7.16. The van der Waals surface area contributed by atoms with Crippen LogP contribution in [0, 0.1) is 17.8 Å². The second-order valence-electron chi connectivity index (χ2n) is 7.16. The average Bonchev–Trinajstić information content (AvgIpc) is 2.68. The molecule has 0 aliphatic heterocycles. The molecule has 0 aromatic heterocycles. The number of rotatable bonds is 9. The number of para-hydroxylation sites is 1. The predicted molar refractivity (Wildman–Crippen MR) is 105 cm³/mol. The fourth-order valence-corrected chi connectivity index (χ4v) is 3.62. The zero-order valence-electron chi connectivity index (χ0n) is 16.1. The first-order valence-electron chi connectivity index (χ1n) is 9.53. The van der Waals surface area contributed by atoms with E-state index in [0.29, 0.717) is 11.5 Å². The molecule has 1 aliphatic rings. The van der Waals surface area contributed by atoms with Gasteiger partial charge in [0.1, 0.15) is 18.2 Å². The summed E-state index contributed by atoms with van der Waals surface area (Å²) in [5.41, 5.74) is 0.721. The Morgan fingerprint density at radius 1 is 0.933 bits per heavy atom. The number of alkyl halides is 1. The zero-order chi connectivity index (χ0) is 21.7. The van der Waals surface area contributed by atoms with Crippen molar-refractivity contribution in [1.82, 2.24) is 4.90 Å². The van der Waals surface area contributed by atoms with Crippen LogP contribution in [0.4, 0.5) is 4.39 Å². The maximum Gasteiger partial charge on any atom is 0.308 e. The minimum Gasteiger partial charge on any atom is -0.481 e. The second kappa shape index (κ2) is 9.39. The van der Waals surface area contributed by atoms with Crippen LogP contribution in [0.1, 0.15) is 12.0 Å². The molecule has 1 aliphatic carbocycles. The quantitative estimate of drug-likeness (QED) is 0.652. The Morgan fingerprint density at radius 2 is 1.57 bits per heavy atom. The zero-order valence-corrected chi connectivity index (χ0v) is 16.1. The van der Waals surface area contributed by atoms with Gasteiger partial charge in [-0.3, -0.25) is 14.4 Å². The van der Waals surface area contributed by atoms with Gasteiger partial charge in [-0.05, 0) is 36.2 Å². The van der Waals surface area contributed by atoms with Crippen molar-refractivity contribution < 1.29 is 33.7 Å². The molecule has 1 amide bonds. The van der Waals surface area contributed by atoms with Crippen molar-refractivity contribution in [2.45, 2.75) is 13.0 Å². The number of hydrogen-bond acceptors (Lipinski definition) is 4. The number of carboxylic acid groups (broad SMARTS) is 2. The Morgan fingerprint density at radius 3 is 2.13 bits per heavy atom. The molecule has 2 aromatic carbocycles. The minimum atomic E-state index is -1.32. The molecule has 3 atom stereocenters. The number of carbonyl (C=O) groups excluding carboxylic acids is 1. The monoisotopic (exact) mass is 415 g/mol. The van der Waals surface area contributed by atoms with Crippen molar-refractivity contribution >= 4 is 17.8 Å². The molecule has 3 unspecified atom stereocenters. The van der Waals surface area contributed by atoms with Crippen molar-refractivity contribution in [2.24, 2.45) is 17.8 Å². The largest absolute Gasteiger partial charge is 0.481 e. The smallest absolute Gasteiger partial charge is 0.308 e. The Bertz CT molecular complexity index is 902. The van der Waals surface area contributed by atoms with Gasteiger partial charge in [0.05, 0.1) is 17.8 Å². The molecule has 30 heavy (non-hydrogen) atoms. The van der Waals surface area contributed by atoms with Gasteiger partial charge >= 0.3 is 11.9 Å². The van der Waals surface area contributed by atoms with E-state index in [0.717, 1.165) is 5.56 Å². The lowest BCUT2D eigenvalue weighted by atomic mass is 9.64. The molecule has 2 aromatic rings. The van der Waals surface area contributed by atoms with E-state index in [-0.39, 0.29) is 19.5 Å². The molecule has 7 nitrogen and oxygen atoms in total. The van der Waals surface area contributed by atoms with Crippen molar-refractivity contribution in [3.63, 3.8) is 0 Å². The third kappa shape index (κ3) is 4.76. The molecule has 0 bridgehead atoms. The fraction of sp³-hybridized carbons (Fsp3) is 0.318. The van der Waals surface area contributed by atoms with Gasteiger partial charge in [0.25, 0.3) is 0 Å². The van der Waals surface area contributed by atoms with E-state index in [2.05, 4.69) is 0 Å². The van der Waals surface area contributed by atoms with Crippen LogP contribution in [-0.2, 0) is 20.9 Å². The molecule has 1 saturated carbocycles. The van der Waals surface area contributed by atoms with Crippen LogP contribution in [0.15, 0.2) is 54.6 Å². The third-order valence-corrected chi connectivity index (χ3v) is 5.24. The Labute approximate surface area is 172 Å². The van der Waals surface area contributed by atoms with Crippen LogP contribution in [0.25, 0.3) is 0 Å². The van der Waals surface area contributed by atoms with Gasteiger partial charge in [0.15, 0.2) is 0 Å². The highest BCUT2D eigenvalue weighted by Gasteiger charge is 2.54. The van der Waals surface area contributed by atoms with Crippen molar-refractivity contribution in [2.75, 3.05) is 13.2 Å². The van der Waals surface area contributed by atoms with Crippen LogP contribution in [0.3, 0.4) is 0 Å². The topological polar surface area (TPSA) is 104 Å². The first-order valence-corrected chi connectivity index (χ1v) is 9.53. The van der Waals surface area contributed by atoms with Gasteiger partial charge in [-0.1, -0.05) is 30.3 Å². The molecule has 3 rings (SSSR count). The first kappa shape index (κ1) is 21.3. The summed E-state index contributed by atoms with van der Waals surface area (Å²) in [5, 5.41) is 18.4. The highest BCUT2D eigenvalue weighted by Crippen LogP contribution is 2.42. The number of ether oxygens (including phenoxy) is 1. The van der Waals surface area contributed by atoms with Crippen LogP contribution in [-0.4, -0.2) is 46.2 Å². The summed E-state index contributed by atoms with van der Waals surface area (Å²) in [5.74, 6) is -5.18. The highest BCUT2D eigenvalue weighted by atomic mass is 19.1. The lowest BCUT2D eigenvalue weighted by molar-refractivity contribution is -0.172. The van der Waals surface area contributed by atoms with Crippen LogP contribution >= 0.6 is 0 Å². The molecule has 2 N–H and O–H groups in total. The normalized spacial score (nSPS) is 20.1. The van der Waals surface area contributed by atoms with E-state index < -0.39 is 42.3 Å². The SMILES string of the molecule is O=C(O)C1CC(C(=O)N(CCF)Cc2ccc(Oc3ccccc3)cc2)C1C(=O)O. The number of carboxylic acids is 2. The number of hydrogen-bond donors (Lipinski definition) is 2. The van der Waals surface area contributed by atoms with Crippen LogP contribution in [0.5, 0.6) is 11.5 Å². The highest BCUT2D eigenvalue weighted by molar-refractivity contribution is 5.91. The lowest BCUT2D eigenvalue weighted by Gasteiger charge is -2.40. The Hall–Kier alpha value is -3.42. The van der Waals surface area contributed by atoms with Gasteiger partial charge in [0.2, 0.25) is 5.91 Å². The molecule has 0 radical (unpaired) electrons. The maximum absolute atomic E-state index is 13.0. The molecular formula is C22H22FNO6. The summed E-state index contributed by atoms with van der Waals surface area (Å²) >= 11 is 0. The van der Waals surface area contributed by atoms with E-state index in [9.17, 15) is 23.9 Å². The molecular weight excluding hydrogens is 393 g/mol. The van der Waals surface area contributed by atoms with E-state index in [1.54, 1.807) is 24.3 Å². The lowest BCUT2D eigenvalue weighted by Crippen LogP contribution is -2.53. The van der Waals surface area contributed by atoms with Crippen molar-refractivity contribution in [1.29, 1.82) is 0 Å². The molecule has 8 heteroatoms. The summed E-state index contributed by atoms with van der Waals surface area (Å²) in [6, 6.07) is 16.2. The number of benzene rings is 2. The number of nitrogens with zero attached hydrogens (tertiary/aromatic N) is 1. The van der Waals surface area contributed by atoms with Crippen LogP contribution < -0.4 is 4.74 Å². The van der Waals surface area contributed by atoms with E-state index in [1.165, 1.54) is 4.90 Å². The van der Waals surface area contributed by atoms with Gasteiger partial charge < -0.3 is 19.8 Å². The number of carbonyl (C=O) groups is 3. The van der Waals surface area contributed by atoms with Gasteiger partial charge in [-0.15, -0.1) is 0 Å². The first-order chi connectivity index (χ1) is 14.4. The third-order valence-electron chi connectivity index (χ3n) is 5.24. The summed E-state index contributed by atoms with van der Waals surface area (Å²) in [4.78, 5) is 36.6.